The van der Waals surface area contributed by atoms with Gasteiger partial charge in [-0.05, 0) is 104 Å². The second kappa shape index (κ2) is 11.8. The van der Waals surface area contributed by atoms with Gasteiger partial charge in [0.2, 0.25) is 0 Å². The molecule has 0 aromatic carbocycles. The molecule has 1 heterocycles. The van der Waals surface area contributed by atoms with Gasteiger partial charge in [0.1, 0.15) is 0 Å². The minimum Gasteiger partial charge on any atom is -0.395 e. The maximum Gasteiger partial charge on any atom is 0.0680 e. The molecule has 5 rings (SSSR count). The Balaban J connectivity index is 0.000000325. The van der Waals surface area contributed by atoms with E-state index in [4.69, 9.17) is 10.2 Å². The van der Waals surface area contributed by atoms with Gasteiger partial charge < -0.3 is 20.6 Å². The fourth-order valence-corrected chi connectivity index (χ4v) is 9.60. The molecule has 4 heteroatoms. The minimum atomic E-state index is -0.243. The molecular weight excluding hydrogens is 446 g/mol. The molecule has 4 nitrogen and oxygen atoms in total. The standard InChI is InChI=1S/C27H46O.C5H11NO2/c1-18(2)7-6-8-19(3)23-11-12-24-22-10-9-20-17-21(28)13-15-26(20,4)25(22)14-16-27(23,24)5;7-3-4-1-5(8)2-6-4/h9,18-19,21-25,28H,6-8,10-17H2,1-5H3;4-8H,1-3H2/t19-,21+,22+,23-,24+,25+,26+,27-;4-,5+/m10/s1. The predicted octanol–water partition coefficient (Wildman–Crippen LogP) is 6.09. The highest BCUT2D eigenvalue weighted by molar-refractivity contribution is 5.25. The Bertz CT molecular complexity index is 752. The Hall–Kier alpha value is -0.420. The van der Waals surface area contributed by atoms with E-state index in [1.807, 2.05) is 0 Å². The molecule has 1 saturated heterocycles. The van der Waals surface area contributed by atoms with Crippen LogP contribution in [0.2, 0.25) is 0 Å². The van der Waals surface area contributed by atoms with Crippen LogP contribution in [0.5, 0.6) is 0 Å². The van der Waals surface area contributed by atoms with Crippen molar-refractivity contribution >= 4 is 0 Å². The number of nitrogens with one attached hydrogen (secondary N) is 1. The van der Waals surface area contributed by atoms with Gasteiger partial charge in [0.15, 0.2) is 0 Å². The average Bonchev–Trinajstić information content (AvgIpc) is 3.42. The summed E-state index contributed by atoms with van der Waals surface area (Å²) in [6.07, 6.45) is 17.6. The minimum absolute atomic E-state index is 0.0766. The first-order valence-corrected chi connectivity index (χ1v) is 15.5. The van der Waals surface area contributed by atoms with Gasteiger partial charge in [-0.2, -0.15) is 0 Å². The lowest BCUT2D eigenvalue weighted by atomic mass is 9.47. The zero-order chi connectivity index (χ0) is 26.1. The van der Waals surface area contributed by atoms with Crippen LogP contribution in [-0.2, 0) is 0 Å². The number of β-amino-alcohol motifs (C(OH)–C–C–N with tert-alkyl or cyclic N) is 1. The number of fused-ring (bicyclic) bond motifs is 5. The monoisotopic (exact) mass is 503 g/mol. The molecule has 36 heavy (non-hydrogen) atoms. The van der Waals surface area contributed by atoms with Crippen LogP contribution in [0, 0.1) is 46.3 Å². The molecule has 5 aliphatic rings. The molecule has 0 radical (unpaired) electrons. The molecule has 208 valence electrons. The Morgan fingerprint density at radius 1 is 0.972 bits per heavy atom. The molecule has 4 fully saturated rings. The summed E-state index contributed by atoms with van der Waals surface area (Å²) in [4.78, 5) is 0. The van der Waals surface area contributed by atoms with Gasteiger partial charge in [0.05, 0.1) is 18.8 Å². The Morgan fingerprint density at radius 3 is 2.39 bits per heavy atom. The van der Waals surface area contributed by atoms with Crippen molar-refractivity contribution in [1.29, 1.82) is 0 Å². The van der Waals surface area contributed by atoms with E-state index in [1.54, 1.807) is 5.57 Å². The first kappa shape index (κ1) is 28.6. The fourth-order valence-electron chi connectivity index (χ4n) is 9.60. The maximum absolute atomic E-state index is 10.2. The zero-order valence-corrected chi connectivity index (χ0v) is 24.0. The summed E-state index contributed by atoms with van der Waals surface area (Å²) in [6.45, 7) is 13.3. The summed E-state index contributed by atoms with van der Waals surface area (Å²) >= 11 is 0. The Labute approximate surface area is 221 Å². The smallest absolute Gasteiger partial charge is 0.0680 e. The van der Waals surface area contributed by atoms with Crippen LogP contribution in [0.15, 0.2) is 11.6 Å². The third kappa shape index (κ3) is 5.77. The summed E-state index contributed by atoms with van der Waals surface area (Å²) < 4.78 is 0. The first-order valence-electron chi connectivity index (χ1n) is 15.5. The van der Waals surface area contributed by atoms with E-state index in [-0.39, 0.29) is 24.9 Å². The molecule has 4 N–H and O–H groups in total. The van der Waals surface area contributed by atoms with Crippen molar-refractivity contribution in [3.05, 3.63) is 11.6 Å². The highest BCUT2D eigenvalue weighted by atomic mass is 16.3. The first-order chi connectivity index (χ1) is 17.1. The topological polar surface area (TPSA) is 72.7 Å². The van der Waals surface area contributed by atoms with Gasteiger partial charge >= 0.3 is 0 Å². The third-order valence-corrected chi connectivity index (χ3v) is 11.7. The van der Waals surface area contributed by atoms with Crippen LogP contribution < -0.4 is 5.32 Å². The average molecular weight is 504 g/mol. The summed E-state index contributed by atoms with van der Waals surface area (Å²) in [5.74, 6) is 5.46. The molecular formula is C32H57NO3. The molecule has 3 saturated carbocycles. The van der Waals surface area contributed by atoms with Crippen molar-refractivity contribution in [2.75, 3.05) is 13.2 Å². The van der Waals surface area contributed by atoms with E-state index in [0.29, 0.717) is 23.8 Å². The van der Waals surface area contributed by atoms with Gasteiger partial charge in [-0.15, -0.1) is 0 Å². The molecule has 1 aliphatic heterocycles. The highest BCUT2D eigenvalue weighted by Crippen LogP contribution is 2.67. The summed E-state index contributed by atoms with van der Waals surface area (Å²) in [7, 11) is 0. The van der Waals surface area contributed by atoms with E-state index in [9.17, 15) is 5.11 Å². The van der Waals surface area contributed by atoms with Crippen molar-refractivity contribution in [1.82, 2.24) is 5.32 Å². The quantitative estimate of drug-likeness (QED) is 0.331. The SMILES string of the molecule is CC(C)CCC[C@@H](C)[C@H]1CC[C@H]2[C@@H]3CC=C4C[C@@H](O)CC[C@]4(C)[C@H]3CC[C@]12C.OC[C@@H]1C[C@@H](O)CN1. The molecule has 0 unspecified atom stereocenters. The number of hydrogen-bond donors (Lipinski definition) is 4. The molecule has 0 spiro atoms. The van der Waals surface area contributed by atoms with Gasteiger partial charge in [0.25, 0.3) is 0 Å². The maximum atomic E-state index is 10.2. The lowest BCUT2D eigenvalue weighted by Crippen LogP contribution is -2.50. The Kier molecular flexibility index (Phi) is 9.34. The van der Waals surface area contributed by atoms with Crippen LogP contribution in [0.1, 0.15) is 112 Å². The van der Waals surface area contributed by atoms with Gasteiger partial charge in [-0.25, -0.2) is 0 Å². The van der Waals surface area contributed by atoms with Crippen LogP contribution in [0.4, 0.5) is 0 Å². The fraction of sp³-hybridized carbons (Fsp3) is 0.938. The number of allylic oxidation sites excluding steroid dienone is 1. The van der Waals surface area contributed by atoms with Crippen molar-refractivity contribution in [2.45, 2.75) is 130 Å². The third-order valence-electron chi connectivity index (χ3n) is 11.7. The molecule has 0 aromatic rings. The number of rotatable bonds is 6. The summed E-state index contributed by atoms with van der Waals surface area (Å²) in [6, 6.07) is 0.130. The van der Waals surface area contributed by atoms with Crippen LogP contribution in [-0.4, -0.2) is 46.7 Å². The number of aliphatic hydroxyl groups is 3. The van der Waals surface area contributed by atoms with E-state index < -0.39 is 0 Å². The normalized spacial score (nSPS) is 44.7. The van der Waals surface area contributed by atoms with Crippen LogP contribution in [0.3, 0.4) is 0 Å². The van der Waals surface area contributed by atoms with E-state index in [1.165, 1.54) is 57.8 Å². The van der Waals surface area contributed by atoms with Gasteiger partial charge in [0, 0.05) is 12.6 Å². The lowest BCUT2D eigenvalue weighted by molar-refractivity contribution is -0.0573. The number of hydrogen-bond acceptors (Lipinski definition) is 4. The van der Waals surface area contributed by atoms with E-state index >= 15 is 0 Å². The molecule has 0 amide bonds. The Morgan fingerprint density at radius 2 is 1.75 bits per heavy atom. The number of aliphatic hydroxyl groups excluding tert-OH is 3. The van der Waals surface area contributed by atoms with Crippen LogP contribution >= 0.6 is 0 Å². The molecule has 0 aromatic heterocycles. The second-order valence-electron chi connectivity index (χ2n) is 14.4. The lowest BCUT2D eigenvalue weighted by Gasteiger charge is -2.58. The highest BCUT2D eigenvalue weighted by Gasteiger charge is 2.59. The van der Waals surface area contributed by atoms with Crippen LogP contribution in [0.25, 0.3) is 0 Å². The molecule has 10 atom stereocenters. The van der Waals surface area contributed by atoms with Gasteiger partial charge in [-0.3, -0.25) is 0 Å². The van der Waals surface area contributed by atoms with Crippen molar-refractivity contribution in [3.8, 4) is 0 Å². The van der Waals surface area contributed by atoms with E-state index in [2.05, 4.69) is 46.0 Å². The second-order valence-corrected chi connectivity index (χ2v) is 14.4. The van der Waals surface area contributed by atoms with Crippen molar-refractivity contribution in [3.63, 3.8) is 0 Å². The molecule has 4 aliphatic carbocycles. The predicted molar refractivity (Wildman–Crippen MR) is 149 cm³/mol. The summed E-state index contributed by atoms with van der Waals surface area (Å²) in [5, 5.41) is 30.5. The van der Waals surface area contributed by atoms with E-state index in [0.717, 1.165) is 48.3 Å². The molecule has 0 bridgehead atoms. The van der Waals surface area contributed by atoms with Gasteiger partial charge in [-0.1, -0.05) is 65.5 Å². The van der Waals surface area contributed by atoms with Crippen molar-refractivity contribution < 1.29 is 15.3 Å². The largest absolute Gasteiger partial charge is 0.395 e. The van der Waals surface area contributed by atoms with Crippen molar-refractivity contribution in [2.24, 2.45) is 46.3 Å². The summed E-state index contributed by atoms with van der Waals surface area (Å²) in [5.41, 5.74) is 2.60. The zero-order valence-electron chi connectivity index (χ0n) is 24.0.